The van der Waals surface area contributed by atoms with Crippen LogP contribution in [0.1, 0.15) is 19.3 Å². The van der Waals surface area contributed by atoms with Crippen molar-refractivity contribution in [3.63, 3.8) is 0 Å². The number of nitrogen functional groups attached to an aromatic ring is 1. The van der Waals surface area contributed by atoms with Crippen molar-refractivity contribution in [3.8, 4) is 5.75 Å². The summed E-state index contributed by atoms with van der Waals surface area (Å²) in [5.41, 5.74) is 6.80. The standard InChI is InChI=1S/C22H28N8O2/c1-32-17-6-2-5-16(13-17)26-19-14-20(28-22(23)27-19)30-11-3-7-18(30)21(31)25-8-4-10-29-12-9-24-15-29/h2,5-6,9,12-15,18H,3-4,7-8,10-11H2,1H3,(H,25,31)(H3,23,26,27,28)/t18-/m0/s1. The molecule has 3 heterocycles. The minimum absolute atomic E-state index is 0.00706. The monoisotopic (exact) mass is 436 g/mol. The Labute approximate surface area is 186 Å². The summed E-state index contributed by atoms with van der Waals surface area (Å²) >= 11 is 0. The molecule has 0 spiro atoms. The molecule has 1 aliphatic heterocycles. The van der Waals surface area contributed by atoms with Gasteiger partial charge < -0.3 is 30.6 Å². The number of amides is 1. The number of hydrogen-bond donors (Lipinski definition) is 3. The number of benzene rings is 1. The molecule has 1 atom stereocenters. The van der Waals surface area contributed by atoms with Gasteiger partial charge >= 0.3 is 0 Å². The number of aryl methyl sites for hydroxylation is 1. The highest BCUT2D eigenvalue weighted by Gasteiger charge is 2.32. The van der Waals surface area contributed by atoms with Crippen molar-refractivity contribution in [1.29, 1.82) is 0 Å². The van der Waals surface area contributed by atoms with Crippen molar-refractivity contribution in [3.05, 3.63) is 49.1 Å². The van der Waals surface area contributed by atoms with Crippen LogP contribution in [0.4, 0.5) is 23.3 Å². The minimum atomic E-state index is -0.276. The number of methoxy groups -OCH3 is 1. The number of nitrogens with two attached hydrogens (primary N) is 1. The van der Waals surface area contributed by atoms with E-state index in [-0.39, 0.29) is 17.9 Å². The molecule has 4 rings (SSSR count). The normalized spacial score (nSPS) is 15.5. The van der Waals surface area contributed by atoms with E-state index in [2.05, 4.69) is 25.6 Å². The SMILES string of the molecule is COc1cccc(Nc2cc(N3CCC[C@H]3C(=O)NCCCn3ccnc3)nc(N)n2)c1. The zero-order chi connectivity index (χ0) is 22.3. The fourth-order valence-corrected chi connectivity index (χ4v) is 3.84. The molecule has 3 aromatic rings. The van der Waals surface area contributed by atoms with E-state index in [1.807, 2.05) is 46.0 Å². The largest absolute Gasteiger partial charge is 0.497 e. The van der Waals surface area contributed by atoms with Gasteiger partial charge in [0, 0.05) is 49.8 Å². The van der Waals surface area contributed by atoms with E-state index in [1.54, 1.807) is 19.6 Å². The first-order valence-electron chi connectivity index (χ1n) is 10.7. The summed E-state index contributed by atoms with van der Waals surface area (Å²) in [6.07, 6.45) is 7.96. The number of nitrogens with zero attached hydrogens (tertiary/aromatic N) is 5. The highest BCUT2D eigenvalue weighted by Crippen LogP contribution is 2.28. The van der Waals surface area contributed by atoms with Crippen LogP contribution in [0.3, 0.4) is 0 Å². The lowest BCUT2D eigenvalue weighted by molar-refractivity contribution is -0.122. The van der Waals surface area contributed by atoms with Gasteiger partial charge in [-0.3, -0.25) is 4.79 Å². The van der Waals surface area contributed by atoms with Crippen LogP contribution < -0.4 is 26.0 Å². The molecule has 0 unspecified atom stereocenters. The van der Waals surface area contributed by atoms with Gasteiger partial charge in [-0.1, -0.05) is 6.07 Å². The number of hydrogen-bond acceptors (Lipinski definition) is 8. The van der Waals surface area contributed by atoms with Crippen molar-refractivity contribution >= 4 is 29.2 Å². The van der Waals surface area contributed by atoms with E-state index in [0.717, 1.165) is 43.8 Å². The molecule has 4 N–H and O–H groups in total. The van der Waals surface area contributed by atoms with Crippen LogP contribution in [0.5, 0.6) is 5.75 Å². The summed E-state index contributed by atoms with van der Waals surface area (Å²) in [6, 6.07) is 9.08. The molecule has 32 heavy (non-hydrogen) atoms. The summed E-state index contributed by atoms with van der Waals surface area (Å²) in [7, 11) is 1.62. The second kappa shape index (κ2) is 9.99. The summed E-state index contributed by atoms with van der Waals surface area (Å²) in [6.45, 7) is 2.16. The topological polar surface area (TPSA) is 123 Å². The molecule has 1 aliphatic rings. The molecule has 168 valence electrons. The summed E-state index contributed by atoms with van der Waals surface area (Å²) in [5.74, 6) is 2.10. The fourth-order valence-electron chi connectivity index (χ4n) is 3.84. The van der Waals surface area contributed by atoms with Gasteiger partial charge in [0.1, 0.15) is 23.4 Å². The van der Waals surface area contributed by atoms with E-state index in [0.29, 0.717) is 18.2 Å². The Hall–Kier alpha value is -3.82. The van der Waals surface area contributed by atoms with Gasteiger partial charge in [-0.25, -0.2) is 4.98 Å². The van der Waals surface area contributed by atoms with Crippen molar-refractivity contribution in [2.45, 2.75) is 31.8 Å². The Morgan fingerprint density at radius 1 is 1.31 bits per heavy atom. The quantitative estimate of drug-likeness (QED) is 0.436. The Morgan fingerprint density at radius 2 is 2.22 bits per heavy atom. The summed E-state index contributed by atoms with van der Waals surface area (Å²) in [4.78, 5) is 27.6. The van der Waals surface area contributed by atoms with E-state index >= 15 is 0 Å². The zero-order valence-electron chi connectivity index (χ0n) is 18.1. The highest BCUT2D eigenvalue weighted by molar-refractivity contribution is 5.85. The molecule has 1 fully saturated rings. The van der Waals surface area contributed by atoms with E-state index in [9.17, 15) is 4.79 Å². The van der Waals surface area contributed by atoms with Gasteiger partial charge in [0.2, 0.25) is 11.9 Å². The summed E-state index contributed by atoms with van der Waals surface area (Å²) in [5, 5.41) is 6.29. The number of nitrogens with one attached hydrogen (secondary N) is 2. The van der Waals surface area contributed by atoms with Gasteiger partial charge in [0.05, 0.1) is 13.4 Å². The number of ether oxygens (including phenoxy) is 1. The van der Waals surface area contributed by atoms with Gasteiger partial charge in [-0.2, -0.15) is 9.97 Å². The van der Waals surface area contributed by atoms with Crippen molar-refractivity contribution in [2.75, 3.05) is 36.1 Å². The average molecular weight is 437 g/mol. The molecule has 2 aromatic heterocycles. The first kappa shape index (κ1) is 21.4. The lowest BCUT2D eigenvalue weighted by Crippen LogP contribution is -2.44. The Balaban J connectivity index is 1.40. The van der Waals surface area contributed by atoms with Crippen LogP contribution >= 0.6 is 0 Å². The maximum Gasteiger partial charge on any atom is 0.242 e. The first-order valence-corrected chi connectivity index (χ1v) is 10.7. The van der Waals surface area contributed by atoms with Crippen LogP contribution in [0.15, 0.2) is 49.1 Å². The first-order chi connectivity index (χ1) is 15.6. The highest BCUT2D eigenvalue weighted by atomic mass is 16.5. The molecule has 0 bridgehead atoms. The van der Waals surface area contributed by atoms with Crippen molar-refractivity contribution < 1.29 is 9.53 Å². The van der Waals surface area contributed by atoms with Gasteiger partial charge in [-0.05, 0) is 31.4 Å². The summed E-state index contributed by atoms with van der Waals surface area (Å²) < 4.78 is 7.26. The van der Waals surface area contributed by atoms with E-state index in [4.69, 9.17) is 10.5 Å². The molecule has 0 saturated carbocycles. The lowest BCUT2D eigenvalue weighted by atomic mass is 10.2. The van der Waals surface area contributed by atoms with Gasteiger partial charge in [0.15, 0.2) is 0 Å². The third-order valence-corrected chi connectivity index (χ3v) is 5.37. The molecule has 10 heteroatoms. The van der Waals surface area contributed by atoms with Crippen LogP contribution in [-0.4, -0.2) is 51.7 Å². The molecule has 1 aromatic carbocycles. The van der Waals surface area contributed by atoms with Gasteiger partial charge in [-0.15, -0.1) is 0 Å². The average Bonchev–Trinajstić information content (AvgIpc) is 3.48. The number of rotatable bonds is 9. The molecule has 1 amide bonds. The second-order valence-electron chi connectivity index (χ2n) is 7.62. The molecule has 1 saturated heterocycles. The van der Waals surface area contributed by atoms with Crippen LogP contribution in [0.25, 0.3) is 0 Å². The third-order valence-electron chi connectivity index (χ3n) is 5.37. The zero-order valence-corrected chi connectivity index (χ0v) is 18.1. The van der Waals surface area contributed by atoms with Crippen LogP contribution in [-0.2, 0) is 11.3 Å². The number of carbonyl (C=O) groups is 1. The Kier molecular flexibility index (Phi) is 6.69. The van der Waals surface area contributed by atoms with Crippen molar-refractivity contribution in [2.24, 2.45) is 0 Å². The van der Waals surface area contributed by atoms with E-state index in [1.165, 1.54) is 0 Å². The van der Waals surface area contributed by atoms with Crippen LogP contribution in [0.2, 0.25) is 0 Å². The number of imidazole rings is 1. The predicted octanol–water partition coefficient (Wildman–Crippen LogP) is 2.18. The molecular formula is C22H28N8O2. The molecule has 10 nitrogen and oxygen atoms in total. The maximum atomic E-state index is 12.8. The Bertz CT molecular complexity index is 1040. The Morgan fingerprint density at radius 3 is 3.03 bits per heavy atom. The number of anilines is 4. The number of aromatic nitrogens is 4. The minimum Gasteiger partial charge on any atom is -0.497 e. The molecular weight excluding hydrogens is 408 g/mol. The van der Waals surface area contributed by atoms with Gasteiger partial charge in [0.25, 0.3) is 0 Å². The third kappa shape index (κ3) is 5.26. The van der Waals surface area contributed by atoms with Crippen LogP contribution in [0, 0.1) is 0 Å². The molecule has 0 aliphatic carbocycles. The maximum absolute atomic E-state index is 12.8. The second-order valence-corrected chi connectivity index (χ2v) is 7.62. The predicted molar refractivity (Wildman–Crippen MR) is 123 cm³/mol. The smallest absolute Gasteiger partial charge is 0.242 e. The molecule has 0 radical (unpaired) electrons. The van der Waals surface area contributed by atoms with E-state index < -0.39 is 0 Å². The lowest BCUT2D eigenvalue weighted by Gasteiger charge is -2.25. The van der Waals surface area contributed by atoms with Crippen molar-refractivity contribution in [1.82, 2.24) is 24.8 Å². The fraction of sp³-hybridized carbons (Fsp3) is 0.364. The number of carbonyl (C=O) groups excluding carboxylic acids is 1.